The number of hydrogen-bond donors (Lipinski definition) is 0. The Morgan fingerprint density at radius 3 is 1.71 bits per heavy atom. The van der Waals surface area contributed by atoms with Gasteiger partial charge in [0.1, 0.15) is 34.5 Å². The lowest BCUT2D eigenvalue weighted by Gasteiger charge is -2.43. The van der Waals surface area contributed by atoms with Gasteiger partial charge in [-0.25, -0.2) is 14.4 Å². The van der Waals surface area contributed by atoms with Crippen LogP contribution in [0.25, 0.3) is 0 Å². The summed E-state index contributed by atoms with van der Waals surface area (Å²) >= 11 is 0. The van der Waals surface area contributed by atoms with Gasteiger partial charge in [-0.3, -0.25) is 0 Å². The van der Waals surface area contributed by atoms with Crippen LogP contribution in [0.4, 0.5) is 0 Å². The molecule has 0 saturated carbocycles. The fourth-order valence-corrected chi connectivity index (χ4v) is 4.37. The van der Waals surface area contributed by atoms with Crippen LogP contribution >= 0.6 is 0 Å². The van der Waals surface area contributed by atoms with Crippen molar-refractivity contribution in [3.63, 3.8) is 0 Å². The van der Waals surface area contributed by atoms with Gasteiger partial charge >= 0.3 is 17.9 Å². The van der Waals surface area contributed by atoms with Gasteiger partial charge in [0.15, 0.2) is 6.10 Å². The first kappa shape index (κ1) is 30.8. The molecule has 1 saturated heterocycles. The lowest BCUT2D eigenvalue weighted by molar-refractivity contribution is -0.237. The highest BCUT2D eigenvalue weighted by Crippen LogP contribution is 2.34. The minimum absolute atomic E-state index is 0.234. The third-order valence-electron chi connectivity index (χ3n) is 6.55. The number of allylic oxidation sites excluding steroid dienone is 1. The zero-order chi connectivity index (χ0) is 30.1. The van der Waals surface area contributed by atoms with Crippen LogP contribution in [0.1, 0.15) is 51.3 Å². The zero-order valence-electron chi connectivity index (χ0n) is 23.4. The minimum atomic E-state index is -1.46. The lowest BCUT2D eigenvalue weighted by Crippen LogP contribution is -2.56. The molecule has 3 aromatic carbocycles. The number of carbonyl (C=O) groups is 3. The van der Waals surface area contributed by atoms with E-state index in [1.54, 1.807) is 97.9 Å². The second-order valence-electron chi connectivity index (χ2n) is 9.61. The van der Waals surface area contributed by atoms with Crippen molar-refractivity contribution in [3.05, 3.63) is 119 Å². The molecule has 5 unspecified atom stereocenters. The maximum atomic E-state index is 13.2. The van der Waals surface area contributed by atoms with Crippen LogP contribution in [0.3, 0.4) is 0 Å². The molecular formula is C32H30B2O8. The van der Waals surface area contributed by atoms with E-state index in [9.17, 15) is 14.4 Å². The largest absolute Gasteiger partial charge is 0.459 e. The smallest absolute Gasteiger partial charge is 0.340 e. The molecule has 10 heteroatoms. The second kappa shape index (κ2) is 14.7. The van der Waals surface area contributed by atoms with Gasteiger partial charge in [0.25, 0.3) is 0 Å². The minimum Gasteiger partial charge on any atom is -0.459 e. The Balaban J connectivity index is 1.69. The number of ether oxygens (including phenoxy) is 5. The standard InChI is InChI=1S/C32H30B2O8/c1-3-25(34)40-27-24(19-38-29(35)21-13-7-4-8-14-21)39-32(42-31(37)23-17-11-6-12-18-23)28(26(27)20(2)33)41-30(36)22-15-9-5-10-16-22/h4-18,24-25,27-28,32H,3,19H2,1-2H3. The molecule has 8 nitrogen and oxygen atoms in total. The van der Waals surface area contributed by atoms with Crippen LogP contribution in [0.5, 0.6) is 0 Å². The van der Waals surface area contributed by atoms with Crippen LogP contribution < -0.4 is 0 Å². The third-order valence-corrected chi connectivity index (χ3v) is 6.55. The molecule has 1 fully saturated rings. The Morgan fingerprint density at radius 2 is 1.24 bits per heavy atom. The molecule has 3 aromatic rings. The van der Waals surface area contributed by atoms with Crippen molar-refractivity contribution in [2.75, 3.05) is 6.61 Å². The normalized spacial score (nSPS) is 22.0. The molecule has 1 aliphatic heterocycles. The van der Waals surface area contributed by atoms with Crippen LogP contribution in [-0.2, 0) is 23.7 Å². The van der Waals surface area contributed by atoms with Gasteiger partial charge in [-0.05, 0) is 48.4 Å². The van der Waals surface area contributed by atoms with Crippen LogP contribution in [0.15, 0.2) is 102 Å². The first-order chi connectivity index (χ1) is 20.3. The van der Waals surface area contributed by atoms with Crippen molar-refractivity contribution in [3.8, 4) is 0 Å². The molecule has 1 heterocycles. The predicted molar refractivity (Wildman–Crippen MR) is 156 cm³/mol. The summed E-state index contributed by atoms with van der Waals surface area (Å²) in [4.78, 5) is 39.1. The first-order valence-corrected chi connectivity index (χ1v) is 13.5. The highest BCUT2D eigenvalue weighted by atomic mass is 16.7. The first-order valence-electron chi connectivity index (χ1n) is 13.5. The molecule has 42 heavy (non-hydrogen) atoms. The number of hydrogen-bond acceptors (Lipinski definition) is 8. The van der Waals surface area contributed by atoms with Gasteiger partial charge in [-0.2, -0.15) is 0 Å². The summed E-state index contributed by atoms with van der Waals surface area (Å²) in [7, 11) is 12.5. The molecule has 0 aliphatic carbocycles. The number of carbonyl (C=O) groups excluding carboxylic acids is 3. The zero-order valence-corrected chi connectivity index (χ0v) is 23.4. The fraction of sp³-hybridized carbons (Fsp3) is 0.281. The summed E-state index contributed by atoms with van der Waals surface area (Å²) in [6, 6.07) is 24.3. The maximum absolute atomic E-state index is 13.2. The van der Waals surface area contributed by atoms with E-state index < -0.39 is 48.5 Å². The van der Waals surface area contributed by atoms with E-state index in [0.717, 1.165) is 0 Å². The van der Waals surface area contributed by atoms with E-state index in [0.29, 0.717) is 12.0 Å². The van der Waals surface area contributed by atoms with Crippen molar-refractivity contribution >= 4 is 33.6 Å². The lowest BCUT2D eigenvalue weighted by atomic mass is 9.82. The Kier molecular flexibility index (Phi) is 10.8. The van der Waals surface area contributed by atoms with Gasteiger partial charge in [-0.1, -0.05) is 68.4 Å². The summed E-state index contributed by atoms with van der Waals surface area (Å²) in [5.41, 5.74) is 1.37. The highest BCUT2D eigenvalue weighted by Gasteiger charge is 2.48. The maximum Gasteiger partial charge on any atom is 0.340 e. The molecule has 4 radical (unpaired) electrons. The molecular weight excluding hydrogens is 534 g/mol. The SMILES string of the molecule is [B]C(C)=C1C(OC([B])CC)C(COC(=O)c2ccccc2)OC(OC(=O)c2ccccc2)C1OC(=O)c1ccccc1. The topological polar surface area (TPSA) is 97.4 Å². The van der Waals surface area contributed by atoms with Gasteiger partial charge < -0.3 is 23.7 Å². The van der Waals surface area contributed by atoms with E-state index in [2.05, 4.69) is 0 Å². The van der Waals surface area contributed by atoms with E-state index in [1.807, 2.05) is 6.92 Å². The Hall–Kier alpha value is -4.14. The molecule has 1 aliphatic rings. The molecule has 0 bridgehead atoms. The summed E-state index contributed by atoms with van der Waals surface area (Å²) in [5, 5.41) is 0. The van der Waals surface area contributed by atoms with Gasteiger partial charge in [0.2, 0.25) is 6.29 Å². The van der Waals surface area contributed by atoms with E-state index in [1.165, 1.54) is 0 Å². The van der Waals surface area contributed by atoms with Crippen molar-refractivity contribution in [1.82, 2.24) is 0 Å². The number of rotatable bonds is 10. The second-order valence-corrected chi connectivity index (χ2v) is 9.61. The van der Waals surface area contributed by atoms with Crippen molar-refractivity contribution < 1.29 is 38.1 Å². The van der Waals surface area contributed by atoms with Crippen molar-refractivity contribution in [2.24, 2.45) is 0 Å². The molecule has 0 aromatic heterocycles. The van der Waals surface area contributed by atoms with Crippen LogP contribution in [-0.4, -0.2) is 70.8 Å². The summed E-state index contributed by atoms with van der Waals surface area (Å²) in [5.74, 6) is -2.01. The van der Waals surface area contributed by atoms with Crippen LogP contribution in [0, 0.1) is 0 Å². The summed E-state index contributed by atoms with van der Waals surface area (Å²) in [6.45, 7) is 3.13. The van der Waals surface area contributed by atoms with Crippen molar-refractivity contribution in [2.45, 2.75) is 50.9 Å². The summed E-state index contributed by atoms with van der Waals surface area (Å²) < 4.78 is 29.5. The number of esters is 3. The molecule has 0 N–H and O–H groups in total. The monoisotopic (exact) mass is 564 g/mol. The Morgan fingerprint density at radius 1 is 0.762 bits per heavy atom. The quantitative estimate of drug-likeness (QED) is 0.204. The third kappa shape index (κ3) is 7.78. The van der Waals surface area contributed by atoms with Gasteiger partial charge in [0, 0.05) is 6.00 Å². The average molecular weight is 564 g/mol. The number of benzene rings is 3. The molecule has 0 amide bonds. The summed E-state index contributed by atoms with van der Waals surface area (Å²) in [6.07, 6.45) is -4.36. The predicted octanol–water partition coefficient (Wildman–Crippen LogP) is 4.38. The highest BCUT2D eigenvalue weighted by molar-refractivity contribution is 6.21. The van der Waals surface area contributed by atoms with Crippen LogP contribution in [0.2, 0.25) is 0 Å². The Labute approximate surface area is 247 Å². The molecule has 0 spiro atoms. The average Bonchev–Trinajstić information content (AvgIpc) is 3.02. The van der Waals surface area contributed by atoms with E-state index in [4.69, 9.17) is 39.4 Å². The van der Waals surface area contributed by atoms with Gasteiger partial charge in [0.05, 0.1) is 16.7 Å². The molecule has 212 valence electrons. The Bertz CT molecular complexity index is 1380. The fourth-order valence-electron chi connectivity index (χ4n) is 4.37. The van der Waals surface area contributed by atoms with E-state index >= 15 is 0 Å². The van der Waals surface area contributed by atoms with Crippen molar-refractivity contribution in [1.29, 1.82) is 0 Å². The molecule has 4 rings (SSSR count). The van der Waals surface area contributed by atoms with E-state index in [-0.39, 0.29) is 28.8 Å². The van der Waals surface area contributed by atoms with Gasteiger partial charge in [-0.15, -0.1) is 5.47 Å². The molecule has 5 atom stereocenters.